The van der Waals surface area contributed by atoms with Crippen molar-refractivity contribution >= 4 is 45.7 Å². The van der Waals surface area contributed by atoms with Crippen LogP contribution in [0.2, 0.25) is 0 Å². The summed E-state index contributed by atoms with van der Waals surface area (Å²) in [5.41, 5.74) is 0.888. The van der Waals surface area contributed by atoms with Gasteiger partial charge < -0.3 is 0 Å². The number of nitrogens with zero attached hydrogens (tertiary/aromatic N) is 4. The second kappa shape index (κ2) is 5.79. The standard InChI is InChI=1S/C11H14N4O2S2/c1-7(2)4-15-9(17)6-19-11(15)13-12-10-14(3)8(16)5-18-10/h1,4-6H2,2-3H3. The lowest BCUT2D eigenvalue weighted by atomic mass is 10.3. The SMILES string of the molecule is C=C(C)CN1C(=O)CSC1=NN=C1SCC(=O)N1C. The number of amides is 2. The topological polar surface area (TPSA) is 65.3 Å². The lowest BCUT2D eigenvalue weighted by molar-refractivity contribution is -0.124. The van der Waals surface area contributed by atoms with Crippen LogP contribution in [-0.4, -0.2) is 57.0 Å². The molecular weight excluding hydrogens is 284 g/mol. The third-order valence-corrected chi connectivity index (χ3v) is 4.45. The Morgan fingerprint density at radius 1 is 1.21 bits per heavy atom. The van der Waals surface area contributed by atoms with E-state index in [0.717, 1.165) is 5.57 Å². The van der Waals surface area contributed by atoms with E-state index < -0.39 is 0 Å². The molecule has 0 radical (unpaired) electrons. The zero-order valence-corrected chi connectivity index (χ0v) is 12.4. The minimum atomic E-state index is 0.00968. The summed E-state index contributed by atoms with van der Waals surface area (Å²) in [6.07, 6.45) is 0. The largest absolute Gasteiger partial charge is 0.292 e. The number of thioether (sulfide) groups is 2. The molecule has 0 atom stereocenters. The zero-order chi connectivity index (χ0) is 14.0. The molecule has 2 amide bonds. The van der Waals surface area contributed by atoms with E-state index in [1.54, 1.807) is 11.9 Å². The van der Waals surface area contributed by atoms with Crippen molar-refractivity contribution in [1.29, 1.82) is 0 Å². The summed E-state index contributed by atoms with van der Waals surface area (Å²) < 4.78 is 0. The highest BCUT2D eigenvalue weighted by Crippen LogP contribution is 2.22. The number of rotatable bonds is 3. The summed E-state index contributed by atoms with van der Waals surface area (Å²) >= 11 is 2.70. The van der Waals surface area contributed by atoms with Crippen LogP contribution in [-0.2, 0) is 9.59 Å². The van der Waals surface area contributed by atoms with Gasteiger partial charge in [-0.2, -0.15) is 0 Å². The minimum absolute atomic E-state index is 0.00968. The smallest absolute Gasteiger partial charge is 0.239 e. The molecule has 6 nitrogen and oxygen atoms in total. The summed E-state index contributed by atoms with van der Waals surface area (Å²) in [6, 6.07) is 0. The van der Waals surface area contributed by atoms with E-state index in [1.807, 2.05) is 6.92 Å². The highest BCUT2D eigenvalue weighted by molar-refractivity contribution is 8.15. The van der Waals surface area contributed by atoms with Crippen molar-refractivity contribution in [1.82, 2.24) is 9.80 Å². The van der Waals surface area contributed by atoms with Gasteiger partial charge in [0.2, 0.25) is 11.8 Å². The molecule has 0 bridgehead atoms. The van der Waals surface area contributed by atoms with Gasteiger partial charge in [0.05, 0.1) is 11.5 Å². The molecule has 2 rings (SSSR count). The Balaban J connectivity index is 2.14. The van der Waals surface area contributed by atoms with E-state index in [4.69, 9.17) is 0 Å². The van der Waals surface area contributed by atoms with Crippen LogP contribution in [0.1, 0.15) is 6.92 Å². The number of amidine groups is 2. The maximum atomic E-state index is 11.7. The molecule has 102 valence electrons. The molecule has 0 aliphatic carbocycles. The van der Waals surface area contributed by atoms with E-state index in [2.05, 4.69) is 16.8 Å². The summed E-state index contributed by atoms with van der Waals surface area (Å²) in [4.78, 5) is 26.1. The van der Waals surface area contributed by atoms with E-state index in [1.165, 1.54) is 28.4 Å². The highest BCUT2D eigenvalue weighted by atomic mass is 32.2. The van der Waals surface area contributed by atoms with Gasteiger partial charge in [-0.15, -0.1) is 10.2 Å². The third kappa shape index (κ3) is 3.19. The molecule has 2 fully saturated rings. The Bertz CT molecular complexity index is 501. The summed E-state index contributed by atoms with van der Waals surface area (Å²) in [5, 5.41) is 9.28. The molecule has 2 aliphatic heterocycles. The van der Waals surface area contributed by atoms with E-state index in [0.29, 0.717) is 28.4 Å². The molecule has 0 aromatic carbocycles. The fourth-order valence-corrected chi connectivity index (χ4v) is 3.17. The van der Waals surface area contributed by atoms with Crippen molar-refractivity contribution in [2.45, 2.75) is 6.92 Å². The van der Waals surface area contributed by atoms with Crippen LogP contribution in [0.3, 0.4) is 0 Å². The van der Waals surface area contributed by atoms with Crippen molar-refractivity contribution in [2.75, 3.05) is 25.1 Å². The lowest BCUT2D eigenvalue weighted by Gasteiger charge is -2.14. The van der Waals surface area contributed by atoms with Gasteiger partial charge in [0.25, 0.3) is 0 Å². The van der Waals surface area contributed by atoms with Crippen molar-refractivity contribution in [3.63, 3.8) is 0 Å². The number of hydrogen-bond donors (Lipinski definition) is 0. The van der Waals surface area contributed by atoms with Crippen LogP contribution in [0.4, 0.5) is 0 Å². The highest BCUT2D eigenvalue weighted by Gasteiger charge is 2.29. The Hall–Kier alpha value is -1.28. The van der Waals surface area contributed by atoms with Crippen LogP contribution < -0.4 is 0 Å². The molecule has 0 aromatic rings. The average Bonchev–Trinajstić information content (AvgIpc) is 2.84. The first-order chi connectivity index (χ1) is 8.99. The van der Waals surface area contributed by atoms with Crippen molar-refractivity contribution < 1.29 is 9.59 Å². The predicted molar refractivity (Wildman–Crippen MR) is 79.1 cm³/mol. The van der Waals surface area contributed by atoms with E-state index >= 15 is 0 Å². The average molecular weight is 298 g/mol. The monoisotopic (exact) mass is 298 g/mol. The van der Waals surface area contributed by atoms with E-state index in [-0.39, 0.29) is 11.8 Å². The molecule has 0 aromatic heterocycles. The summed E-state index contributed by atoms with van der Waals surface area (Å²) in [5.74, 6) is 0.786. The molecule has 0 saturated carbocycles. The van der Waals surface area contributed by atoms with Gasteiger partial charge in [-0.3, -0.25) is 19.4 Å². The Morgan fingerprint density at radius 3 is 2.37 bits per heavy atom. The van der Waals surface area contributed by atoms with Gasteiger partial charge in [-0.05, 0) is 6.92 Å². The van der Waals surface area contributed by atoms with Crippen LogP contribution >= 0.6 is 23.5 Å². The fourth-order valence-electron chi connectivity index (χ4n) is 1.51. The van der Waals surface area contributed by atoms with Gasteiger partial charge in [0.1, 0.15) is 0 Å². The molecule has 8 heteroatoms. The first-order valence-corrected chi connectivity index (χ1v) is 7.58. The number of carbonyl (C=O) groups excluding carboxylic acids is 2. The van der Waals surface area contributed by atoms with Crippen molar-refractivity contribution in [3.05, 3.63) is 12.2 Å². The molecule has 19 heavy (non-hydrogen) atoms. The van der Waals surface area contributed by atoms with Crippen molar-refractivity contribution in [2.24, 2.45) is 10.2 Å². The number of carbonyl (C=O) groups is 2. The molecule has 0 unspecified atom stereocenters. The van der Waals surface area contributed by atoms with Gasteiger partial charge in [0, 0.05) is 13.6 Å². The summed E-state index contributed by atoms with van der Waals surface area (Å²) in [6.45, 7) is 6.11. The fraction of sp³-hybridized carbons (Fsp3) is 0.455. The van der Waals surface area contributed by atoms with Crippen molar-refractivity contribution in [3.8, 4) is 0 Å². The van der Waals surface area contributed by atoms with Gasteiger partial charge in [0.15, 0.2) is 10.3 Å². The first-order valence-electron chi connectivity index (χ1n) is 5.61. The van der Waals surface area contributed by atoms with Crippen LogP contribution in [0, 0.1) is 0 Å². The first kappa shape index (κ1) is 14.1. The van der Waals surface area contributed by atoms with Crippen LogP contribution in [0.15, 0.2) is 22.4 Å². The molecule has 2 saturated heterocycles. The molecule has 2 aliphatic rings. The Kier molecular flexibility index (Phi) is 4.31. The Morgan fingerprint density at radius 2 is 1.79 bits per heavy atom. The normalized spacial score (nSPS) is 24.1. The van der Waals surface area contributed by atoms with Gasteiger partial charge in [-0.1, -0.05) is 35.7 Å². The second-order valence-corrected chi connectivity index (χ2v) is 6.12. The summed E-state index contributed by atoms with van der Waals surface area (Å²) in [7, 11) is 1.67. The zero-order valence-electron chi connectivity index (χ0n) is 10.8. The lowest BCUT2D eigenvalue weighted by Crippen LogP contribution is -2.31. The third-order valence-electron chi connectivity index (χ3n) is 2.49. The number of hydrogen-bond acceptors (Lipinski definition) is 6. The van der Waals surface area contributed by atoms with E-state index in [9.17, 15) is 9.59 Å². The maximum absolute atomic E-state index is 11.7. The molecule has 2 heterocycles. The van der Waals surface area contributed by atoms with Crippen LogP contribution in [0.5, 0.6) is 0 Å². The molecule has 0 spiro atoms. The quantitative estimate of drug-likeness (QED) is 0.575. The van der Waals surface area contributed by atoms with Gasteiger partial charge in [-0.25, -0.2) is 0 Å². The second-order valence-electron chi connectivity index (χ2n) is 4.23. The maximum Gasteiger partial charge on any atom is 0.239 e. The molecule has 0 N–H and O–H groups in total. The molecular formula is C11H14N4O2S2. The van der Waals surface area contributed by atoms with Crippen LogP contribution in [0.25, 0.3) is 0 Å². The minimum Gasteiger partial charge on any atom is -0.292 e. The van der Waals surface area contributed by atoms with Gasteiger partial charge >= 0.3 is 0 Å². The predicted octanol–water partition coefficient (Wildman–Crippen LogP) is 0.970. The Labute approximate surface area is 120 Å².